The molecule has 196 valence electrons. The lowest BCUT2D eigenvalue weighted by Gasteiger charge is -2.23. The van der Waals surface area contributed by atoms with Gasteiger partial charge in [0.2, 0.25) is 5.88 Å². The molecule has 1 aliphatic heterocycles. The molecule has 4 rings (SSSR count). The maximum absolute atomic E-state index is 13.6. The van der Waals surface area contributed by atoms with Gasteiger partial charge in [0.1, 0.15) is 5.82 Å². The van der Waals surface area contributed by atoms with Crippen LogP contribution >= 0.6 is 11.6 Å². The molecule has 0 radical (unpaired) electrons. The van der Waals surface area contributed by atoms with Gasteiger partial charge in [-0.1, -0.05) is 61.3 Å². The highest BCUT2D eigenvalue weighted by atomic mass is 35.5. The van der Waals surface area contributed by atoms with E-state index in [1.54, 1.807) is 29.2 Å². The molecule has 7 nitrogen and oxygen atoms in total. The Morgan fingerprint density at radius 2 is 1.97 bits per heavy atom. The van der Waals surface area contributed by atoms with Crippen LogP contribution in [0.3, 0.4) is 0 Å². The van der Waals surface area contributed by atoms with Crippen LogP contribution in [0.1, 0.15) is 67.7 Å². The molecular formula is C29H35ClN4O3. The molecule has 37 heavy (non-hydrogen) atoms. The number of anilines is 1. The van der Waals surface area contributed by atoms with Crippen molar-refractivity contribution in [2.24, 2.45) is 0 Å². The van der Waals surface area contributed by atoms with Gasteiger partial charge >= 0.3 is 6.09 Å². The van der Waals surface area contributed by atoms with E-state index in [0.29, 0.717) is 35.4 Å². The number of fused-ring (bicyclic) bond motifs is 1. The van der Waals surface area contributed by atoms with Gasteiger partial charge in [-0.15, -0.1) is 0 Å². The zero-order chi connectivity index (χ0) is 26.2. The molecule has 1 aromatic heterocycles. The van der Waals surface area contributed by atoms with Gasteiger partial charge in [0.25, 0.3) is 5.91 Å². The van der Waals surface area contributed by atoms with Gasteiger partial charge in [0.05, 0.1) is 0 Å². The fraction of sp³-hybridized carbons (Fsp3) is 0.414. The predicted octanol–water partition coefficient (Wildman–Crippen LogP) is 6.43. The smallest absolute Gasteiger partial charge is 0.389 e. The van der Waals surface area contributed by atoms with Gasteiger partial charge in [0.15, 0.2) is 5.82 Å². The topological polar surface area (TPSA) is 76.5 Å². The van der Waals surface area contributed by atoms with Gasteiger partial charge in [-0.05, 0) is 62.8 Å². The Morgan fingerprint density at radius 3 is 2.73 bits per heavy atom. The summed E-state index contributed by atoms with van der Waals surface area (Å²) < 4.78 is 7.85. The number of benzene rings is 2. The SMILES string of the molecule is CCCCN(C(=O)c1cccc(Cl)c1)c1nc2n(c1OC(=O)NC(C)CCc1ccccc1)CCCC2. The van der Waals surface area contributed by atoms with Crippen LogP contribution in [0.2, 0.25) is 5.02 Å². The fourth-order valence-corrected chi connectivity index (χ4v) is 4.73. The van der Waals surface area contributed by atoms with Crippen LogP contribution in [0, 0.1) is 0 Å². The van der Waals surface area contributed by atoms with Crippen molar-refractivity contribution in [1.82, 2.24) is 14.9 Å². The maximum Gasteiger partial charge on any atom is 0.414 e. The molecule has 2 aromatic carbocycles. The standard InChI is InChI=1S/C29H35ClN4O3/c1-3-4-18-34(27(35)23-13-10-14-24(30)20-23)26-28(33-19-9-8-15-25(33)32-26)37-29(36)31-21(2)16-17-22-11-6-5-7-12-22/h5-7,10-14,20-21H,3-4,8-9,15-19H2,1-2H3,(H,31,36). The van der Waals surface area contributed by atoms with Crippen LogP contribution in [0.5, 0.6) is 5.88 Å². The number of nitrogens with one attached hydrogen (secondary N) is 1. The van der Waals surface area contributed by atoms with Crippen LogP contribution in [-0.2, 0) is 19.4 Å². The van der Waals surface area contributed by atoms with Gasteiger partial charge < -0.3 is 10.1 Å². The number of amides is 2. The Morgan fingerprint density at radius 1 is 1.16 bits per heavy atom. The van der Waals surface area contributed by atoms with Crippen LogP contribution < -0.4 is 15.0 Å². The first-order valence-electron chi connectivity index (χ1n) is 13.2. The summed E-state index contributed by atoms with van der Waals surface area (Å²) in [6.45, 7) is 5.19. The number of nitrogens with zero attached hydrogens (tertiary/aromatic N) is 3. The summed E-state index contributed by atoms with van der Waals surface area (Å²) in [4.78, 5) is 33.0. The van der Waals surface area contributed by atoms with E-state index >= 15 is 0 Å². The molecule has 0 saturated carbocycles. The van der Waals surface area contributed by atoms with Crippen molar-refractivity contribution in [2.45, 2.75) is 71.4 Å². The molecule has 2 heterocycles. The Labute approximate surface area is 223 Å². The van der Waals surface area contributed by atoms with Crippen LogP contribution in [0.15, 0.2) is 54.6 Å². The molecule has 0 spiro atoms. The van der Waals surface area contributed by atoms with Crippen molar-refractivity contribution in [3.05, 3.63) is 76.6 Å². The molecule has 2 amide bonds. The molecule has 0 bridgehead atoms. The van der Waals surface area contributed by atoms with Crippen LogP contribution in [0.25, 0.3) is 0 Å². The average molecular weight is 523 g/mol. The quantitative estimate of drug-likeness (QED) is 0.333. The lowest BCUT2D eigenvalue weighted by Crippen LogP contribution is -2.37. The average Bonchev–Trinajstić information content (AvgIpc) is 3.26. The number of aromatic nitrogens is 2. The molecular weight excluding hydrogens is 488 g/mol. The van der Waals surface area contributed by atoms with Gasteiger partial charge in [-0.3, -0.25) is 14.3 Å². The molecule has 0 aliphatic carbocycles. The summed E-state index contributed by atoms with van der Waals surface area (Å²) in [6, 6.07) is 17.0. The summed E-state index contributed by atoms with van der Waals surface area (Å²) in [6.07, 6.45) is 5.54. The van der Waals surface area contributed by atoms with Crippen molar-refractivity contribution in [2.75, 3.05) is 11.4 Å². The van der Waals surface area contributed by atoms with Gasteiger partial charge in [-0.2, -0.15) is 0 Å². The van der Waals surface area contributed by atoms with E-state index in [1.165, 1.54) is 5.56 Å². The second kappa shape index (κ2) is 12.8. The van der Waals surface area contributed by atoms with Gasteiger partial charge in [0, 0.05) is 36.1 Å². The van der Waals surface area contributed by atoms with E-state index in [2.05, 4.69) is 24.4 Å². The lowest BCUT2D eigenvalue weighted by atomic mass is 10.1. The molecule has 0 fully saturated rings. The number of halogens is 1. The van der Waals surface area contributed by atoms with Crippen molar-refractivity contribution in [1.29, 1.82) is 0 Å². The second-order valence-electron chi connectivity index (χ2n) is 9.55. The van der Waals surface area contributed by atoms with Crippen molar-refractivity contribution < 1.29 is 14.3 Å². The number of hydrogen-bond acceptors (Lipinski definition) is 4. The zero-order valence-electron chi connectivity index (χ0n) is 21.6. The van der Waals surface area contributed by atoms with E-state index in [1.807, 2.05) is 29.7 Å². The minimum Gasteiger partial charge on any atom is -0.389 e. The van der Waals surface area contributed by atoms with Gasteiger partial charge in [-0.25, -0.2) is 9.78 Å². The number of carbonyl (C=O) groups excluding carboxylic acids is 2. The highest BCUT2D eigenvalue weighted by molar-refractivity contribution is 6.31. The third-order valence-electron chi connectivity index (χ3n) is 6.59. The molecule has 0 saturated heterocycles. The predicted molar refractivity (Wildman–Crippen MR) is 147 cm³/mol. The fourth-order valence-electron chi connectivity index (χ4n) is 4.54. The van der Waals surface area contributed by atoms with E-state index in [4.69, 9.17) is 21.3 Å². The van der Waals surface area contributed by atoms with E-state index in [9.17, 15) is 9.59 Å². The van der Waals surface area contributed by atoms with Crippen LogP contribution in [-0.4, -0.2) is 34.1 Å². The van der Waals surface area contributed by atoms with E-state index in [0.717, 1.165) is 50.8 Å². The molecule has 3 aromatic rings. The third-order valence-corrected chi connectivity index (χ3v) is 6.82. The first kappa shape index (κ1) is 26.7. The zero-order valence-corrected chi connectivity index (χ0v) is 22.3. The number of ether oxygens (including phenoxy) is 1. The molecule has 1 aliphatic rings. The Balaban J connectivity index is 1.55. The normalized spacial score (nSPS) is 13.5. The minimum atomic E-state index is -0.541. The van der Waals surface area contributed by atoms with Crippen LogP contribution in [0.4, 0.5) is 10.6 Å². The van der Waals surface area contributed by atoms with E-state index in [-0.39, 0.29) is 11.9 Å². The highest BCUT2D eigenvalue weighted by Gasteiger charge is 2.30. The third kappa shape index (κ3) is 6.92. The summed E-state index contributed by atoms with van der Waals surface area (Å²) >= 11 is 6.17. The lowest BCUT2D eigenvalue weighted by molar-refractivity contribution is 0.0984. The summed E-state index contributed by atoms with van der Waals surface area (Å²) in [7, 11) is 0. The number of hydrogen-bond donors (Lipinski definition) is 1. The number of imidazole rings is 1. The summed E-state index contributed by atoms with van der Waals surface area (Å²) in [5.41, 5.74) is 1.70. The first-order chi connectivity index (χ1) is 18.0. The Kier molecular flexibility index (Phi) is 9.23. The van der Waals surface area contributed by atoms with Crippen molar-refractivity contribution in [3.8, 4) is 5.88 Å². The molecule has 1 N–H and O–H groups in total. The molecule has 1 unspecified atom stereocenters. The maximum atomic E-state index is 13.6. The van der Waals surface area contributed by atoms with E-state index < -0.39 is 6.09 Å². The highest BCUT2D eigenvalue weighted by Crippen LogP contribution is 2.34. The first-order valence-corrected chi connectivity index (χ1v) is 13.5. The Bertz CT molecular complexity index is 1210. The van der Waals surface area contributed by atoms with Crippen molar-refractivity contribution >= 4 is 29.4 Å². The number of aryl methyl sites for hydroxylation is 2. The number of unbranched alkanes of at least 4 members (excludes halogenated alkanes) is 1. The number of carbonyl (C=O) groups is 2. The Hall–Kier alpha value is -3.32. The second-order valence-corrected chi connectivity index (χ2v) is 9.98. The molecule has 8 heteroatoms. The summed E-state index contributed by atoms with van der Waals surface area (Å²) in [5.74, 6) is 1.34. The summed E-state index contributed by atoms with van der Waals surface area (Å²) in [5, 5.41) is 3.44. The minimum absolute atomic E-state index is 0.0795. The monoisotopic (exact) mass is 522 g/mol. The number of rotatable bonds is 10. The van der Waals surface area contributed by atoms with Crippen molar-refractivity contribution in [3.63, 3.8) is 0 Å². The largest absolute Gasteiger partial charge is 0.414 e. The molecule has 1 atom stereocenters.